The van der Waals surface area contributed by atoms with Gasteiger partial charge in [-0.3, -0.25) is 9.59 Å². The van der Waals surface area contributed by atoms with Gasteiger partial charge in [0.1, 0.15) is 6.04 Å². The predicted molar refractivity (Wildman–Crippen MR) is 67.2 cm³/mol. The Labute approximate surface area is 107 Å². The molecule has 4 N–H and O–H groups in total. The summed E-state index contributed by atoms with van der Waals surface area (Å²) in [6, 6.07) is -0.824. The van der Waals surface area contributed by atoms with Crippen LogP contribution in [-0.4, -0.2) is 28.2 Å². The summed E-state index contributed by atoms with van der Waals surface area (Å²) >= 11 is 0. The SMILES string of the molecule is N[C@@H](CCCC1(CC(=O)O)CCCCC1)C(=O)O. The Morgan fingerprint density at radius 3 is 2.28 bits per heavy atom. The molecule has 1 aliphatic carbocycles. The van der Waals surface area contributed by atoms with Crippen molar-refractivity contribution in [2.45, 2.75) is 63.8 Å². The number of carboxylic acid groups (broad SMARTS) is 2. The zero-order valence-corrected chi connectivity index (χ0v) is 10.7. The molecule has 0 radical (unpaired) electrons. The lowest BCUT2D eigenvalue weighted by Crippen LogP contribution is -2.31. The minimum Gasteiger partial charge on any atom is -0.481 e. The molecule has 0 unspecified atom stereocenters. The number of carboxylic acids is 2. The molecular weight excluding hydrogens is 234 g/mol. The molecule has 0 aromatic heterocycles. The van der Waals surface area contributed by atoms with E-state index in [9.17, 15) is 9.59 Å². The second kappa shape index (κ2) is 6.73. The topological polar surface area (TPSA) is 101 Å². The molecule has 0 bridgehead atoms. The van der Waals surface area contributed by atoms with E-state index >= 15 is 0 Å². The van der Waals surface area contributed by atoms with Crippen LogP contribution in [0.15, 0.2) is 0 Å². The fraction of sp³-hybridized carbons (Fsp3) is 0.846. The van der Waals surface area contributed by atoms with Crippen LogP contribution in [0.1, 0.15) is 57.8 Å². The van der Waals surface area contributed by atoms with E-state index in [0.29, 0.717) is 12.8 Å². The van der Waals surface area contributed by atoms with E-state index in [1.54, 1.807) is 0 Å². The molecule has 1 saturated carbocycles. The van der Waals surface area contributed by atoms with E-state index < -0.39 is 18.0 Å². The second-order valence-electron chi connectivity index (χ2n) is 5.47. The van der Waals surface area contributed by atoms with Crippen molar-refractivity contribution in [1.29, 1.82) is 0 Å². The van der Waals surface area contributed by atoms with Gasteiger partial charge in [-0.15, -0.1) is 0 Å². The molecule has 0 spiro atoms. The summed E-state index contributed by atoms with van der Waals surface area (Å²) in [6.45, 7) is 0. The van der Waals surface area contributed by atoms with E-state index in [1.165, 1.54) is 6.42 Å². The standard InChI is InChI=1S/C13H23NO4/c14-10(12(17)18)5-4-8-13(9-11(15)16)6-2-1-3-7-13/h10H,1-9,14H2,(H,15,16)(H,17,18)/t10-/m0/s1. The Hall–Kier alpha value is -1.10. The third-order valence-electron chi connectivity index (χ3n) is 3.98. The monoisotopic (exact) mass is 257 g/mol. The maximum atomic E-state index is 11.0. The Morgan fingerprint density at radius 1 is 1.17 bits per heavy atom. The van der Waals surface area contributed by atoms with Gasteiger partial charge in [0.2, 0.25) is 0 Å². The van der Waals surface area contributed by atoms with Gasteiger partial charge < -0.3 is 15.9 Å². The number of nitrogens with two attached hydrogens (primary N) is 1. The lowest BCUT2D eigenvalue weighted by Gasteiger charge is -2.36. The Morgan fingerprint density at radius 2 is 1.78 bits per heavy atom. The Bertz CT molecular complexity index is 297. The van der Waals surface area contributed by atoms with Crippen molar-refractivity contribution >= 4 is 11.9 Å². The van der Waals surface area contributed by atoms with E-state index in [1.807, 2.05) is 0 Å². The first-order valence-electron chi connectivity index (χ1n) is 6.65. The first-order chi connectivity index (χ1) is 8.45. The van der Waals surface area contributed by atoms with Crippen LogP contribution in [0.3, 0.4) is 0 Å². The maximum Gasteiger partial charge on any atom is 0.320 e. The first-order valence-corrected chi connectivity index (χ1v) is 6.65. The van der Waals surface area contributed by atoms with Gasteiger partial charge >= 0.3 is 11.9 Å². The van der Waals surface area contributed by atoms with Crippen LogP contribution in [0, 0.1) is 5.41 Å². The van der Waals surface area contributed by atoms with Crippen LogP contribution >= 0.6 is 0 Å². The lowest BCUT2D eigenvalue weighted by molar-refractivity contribution is -0.141. The smallest absolute Gasteiger partial charge is 0.320 e. The highest BCUT2D eigenvalue weighted by atomic mass is 16.4. The van der Waals surface area contributed by atoms with E-state index in [-0.39, 0.29) is 11.8 Å². The molecule has 0 saturated heterocycles. The molecule has 0 aromatic rings. The number of hydrogen-bond acceptors (Lipinski definition) is 3. The second-order valence-corrected chi connectivity index (χ2v) is 5.47. The fourth-order valence-corrected chi connectivity index (χ4v) is 2.96. The summed E-state index contributed by atoms with van der Waals surface area (Å²) < 4.78 is 0. The van der Waals surface area contributed by atoms with E-state index in [2.05, 4.69) is 0 Å². The van der Waals surface area contributed by atoms with Gasteiger partial charge in [-0.1, -0.05) is 25.7 Å². The molecule has 0 aliphatic heterocycles. The number of aliphatic carboxylic acids is 2. The highest BCUT2D eigenvalue weighted by molar-refractivity contribution is 5.72. The quantitative estimate of drug-likeness (QED) is 0.647. The maximum absolute atomic E-state index is 11.0. The van der Waals surface area contributed by atoms with Gasteiger partial charge in [-0.2, -0.15) is 0 Å². The van der Waals surface area contributed by atoms with Crippen molar-refractivity contribution in [3.8, 4) is 0 Å². The van der Waals surface area contributed by atoms with Crippen molar-refractivity contribution in [2.75, 3.05) is 0 Å². The molecule has 0 amide bonds. The summed E-state index contributed by atoms with van der Waals surface area (Å²) in [5.41, 5.74) is 5.34. The highest BCUT2D eigenvalue weighted by Crippen LogP contribution is 2.43. The summed E-state index contributed by atoms with van der Waals surface area (Å²) in [4.78, 5) is 21.6. The summed E-state index contributed by atoms with van der Waals surface area (Å²) in [5, 5.41) is 17.7. The molecule has 1 fully saturated rings. The molecule has 1 rings (SSSR count). The van der Waals surface area contributed by atoms with Gasteiger partial charge in [0.25, 0.3) is 0 Å². The number of rotatable bonds is 7. The normalized spacial score (nSPS) is 20.3. The average Bonchev–Trinajstić information content (AvgIpc) is 2.28. The van der Waals surface area contributed by atoms with Crippen LogP contribution in [0.2, 0.25) is 0 Å². The molecule has 0 aromatic carbocycles. The molecule has 1 atom stereocenters. The Balaban J connectivity index is 2.46. The molecule has 104 valence electrons. The van der Waals surface area contributed by atoms with Crippen LogP contribution in [-0.2, 0) is 9.59 Å². The van der Waals surface area contributed by atoms with Crippen LogP contribution in [0.5, 0.6) is 0 Å². The summed E-state index contributed by atoms with van der Waals surface area (Å²) in [6.07, 6.45) is 7.34. The van der Waals surface area contributed by atoms with Gasteiger partial charge in [-0.25, -0.2) is 0 Å². The average molecular weight is 257 g/mol. The fourth-order valence-electron chi connectivity index (χ4n) is 2.96. The minimum absolute atomic E-state index is 0.123. The van der Waals surface area contributed by atoms with Crippen LogP contribution in [0.25, 0.3) is 0 Å². The summed E-state index contributed by atoms with van der Waals surface area (Å²) in [7, 11) is 0. The molecule has 5 heteroatoms. The van der Waals surface area contributed by atoms with Gasteiger partial charge in [0, 0.05) is 0 Å². The van der Waals surface area contributed by atoms with Crippen LogP contribution in [0.4, 0.5) is 0 Å². The van der Waals surface area contributed by atoms with Gasteiger partial charge in [0.05, 0.1) is 6.42 Å². The zero-order valence-electron chi connectivity index (χ0n) is 10.7. The van der Waals surface area contributed by atoms with Crippen LogP contribution < -0.4 is 5.73 Å². The van der Waals surface area contributed by atoms with Gasteiger partial charge in [0.15, 0.2) is 0 Å². The lowest BCUT2D eigenvalue weighted by atomic mass is 9.69. The highest BCUT2D eigenvalue weighted by Gasteiger charge is 2.34. The van der Waals surface area contributed by atoms with Crippen molar-refractivity contribution < 1.29 is 19.8 Å². The van der Waals surface area contributed by atoms with Crippen molar-refractivity contribution in [3.05, 3.63) is 0 Å². The van der Waals surface area contributed by atoms with Crippen molar-refractivity contribution in [1.82, 2.24) is 0 Å². The van der Waals surface area contributed by atoms with Gasteiger partial charge in [-0.05, 0) is 31.1 Å². The van der Waals surface area contributed by atoms with Crippen molar-refractivity contribution in [3.63, 3.8) is 0 Å². The molecular formula is C13H23NO4. The van der Waals surface area contributed by atoms with Crippen molar-refractivity contribution in [2.24, 2.45) is 11.1 Å². The predicted octanol–water partition coefficient (Wildman–Crippen LogP) is 1.99. The molecule has 0 heterocycles. The number of carbonyl (C=O) groups is 2. The largest absolute Gasteiger partial charge is 0.481 e. The molecule has 5 nitrogen and oxygen atoms in total. The third-order valence-corrected chi connectivity index (χ3v) is 3.98. The van der Waals surface area contributed by atoms with E-state index in [4.69, 9.17) is 15.9 Å². The third kappa shape index (κ3) is 4.64. The minimum atomic E-state index is -0.981. The summed E-state index contributed by atoms with van der Waals surface area (Å²) in [5.74, 6) is -1.73. The molecule has 1 aliphatic rings. The first kappa shape index (κ1) is 15.0. The molecule has 18 heavy (non-hydrogen) atoms. The number of hydrogen-bond donors (Lipinski definition) is 3. The van der Waals surface area contributed by atoms with E-state index in [0.717, 1.165) is 32.1 Å². The Kier molecular flexibility index (Phi) is 5.59. The zero-order chi connectivity index (χ0) is 13.6.